The molecule has 0 aliphatic carbocycles. The smallest absolute Gasteiger partial charge is 0.154 e. The summed E-state index contributed by atoms with van der Waals surface area (Å²) in [7, 11) is -2.94. The minimum absolute atomic E-state index is 0.0924. The molecule has 0 saturated carbocycles. The molecule has 96 valence electrons. The van der Waals surface area contributed by atoms with Crippen LogP contribution in [0.4, 0.5) is 0 Å². The van der Waals surface area contributed by atoms with Crippen LogP contribution in [0.5, 0.6) is 0 Å². The van der Waals surface area contributed by atoms with E-state index in [0.29, 0.717) is 11.7 Å². The molecule has 0 aromatic heterocycles. The van der Waals surface area contributed by atoms with E-state index >= 15 is 0 Å². The third-order valence-electron chi connectivity index (χ3n) is 3.58. The summed E-state index contributed by atoms with van der Waals surface area (Å²) in [5.41, 5.74) is 2.73. The fourth-order valence-electron chi connectivity index (χ4n) is 2.66. The van der Waals surface area contributed by atoms with Gasteiger partial charge in [-0.2, -0.15) is 0 Å². The van der Waals surface area contributed by atoms with E-state index < -0.39 is 9.84 Å². The van der Waals surface area contributed by atoms with Crippen molar-refractivity contribution in [3.05, 3.63) is 0 Å². The number of hydrogen-bond donors (Lipinski definition) is 2. The number of hydrazine groups is 1. The van der Waals surface area contributed by atoms with Gasteiger partial charge in [0.2, 0.25) is 0 Å². The van der Waals surface area contributed by atoms with Crippen LogP contribution >= 0.6 is 0 Å². The second-order valence-corrected chi connectivity index (χ2v) is 7.20. The lowest BCUT2D eigenvalue weighted by Crippen LogP contribution is -2.52. The van der Waals surface area contributed by atoms with Crippen LogP contribution in [0.3, 0.4) is 0 Å². The van der Waals surface area contributed by atoms with Gasteiger partial charge in [-0.15, -0.1) is 0 Å². The molecule has 0 aromatic rings. The third-order valence-corrected chi connectivity index (χ3v) is 5.89. The Labute approximate surface area is 98.9 Å². The summed E-state index contributed by atoms with van der Waals surface area (Å²) in [5.74, 6) is 6.18. The molecule has 1 aliphatic heterocycles. The van der Waals surface area contributed by atoms with Crippen LogP contribution in [-0.4, -0.2) is 25.5 Å². The zero-order valence-electron chi connectivity index (χ0n) is 10.3. The van der Waals surface area contributed by atoms with Gasteiger partial charge >= 0.3 is 0 Å². The van der Waals surface area contributed by atoms with Gasteiger partial charge in [0.05, 0.1) is 11.0 Å². The fraction of sp³-hybridized carbons (Fsp3) is 1.00. The van der Waals surface area contributed by atoms with Crippen LogP contribution in [-0.2, 0) is 9.84 Å². The Morgan fingerprint density at radius 2 is 2.12 bits per heavy atom. The van der Waals surface area contributed by atoms with Gasteiger partial charge in [0.1, 0.15) is 0 Å². The minimum atomic E-state index is -2.94. The van der Waals surface area contributed by atoms with Crippen LogP contribution in [0.15, 0.2) is 0 Å². The number of rotatable bonds is 5. The lowest BCUT2D eigenvalue weighted by atomic mass is 9.92. The third kappa shape index (κ3) is 3.18. The van der Waals surface area contributed by atoms with Crippen LogP contribution in [0.1, 0.15) is 46.0 Å². The van der Waals surface area contributed by atoms with Gasteiger partial charge < -0.3 is 0 Å². The van der Waals surface area contributed by atoms with Crippen LogP contribution < -0.4 is 11.3 Å². The second-order valence-electron chi connectivity index (χ2n) is 4.86. The summed E-state index contributed by atoms with van der Waals surface area (Å²) >= 11 is 0. The van der Waals surface area contributed by atoms with Gasteiger partial charge in [0, 0.05) is 6.04 Å². The van der Waals surface area contributed by atoms with Crippen molar-refractivity contribution in [2.45, 2.75) is 57.2 Å². The predicted octanol–water partition coefficient (Wildman–Crippen LogP) is 1.22. The minimum Gasteiger partial charge on any atom is -0.271 e. The fourth-order valence-corrected chi connectivity index (χ4v) is 4.88. The maximum atomic E-state index is 12.0. The lowest BCUT2D eigenvalue weighted by molar-refractivity contribution is 0.327. The molecule has 3 atom stereocenters. The Morgan fingerprint density at radius 3 is 2.62 bits per heavy atom. The standard InChI is InChI=1S/C11H24N2O2S/c1-3-6-9(2)11(13-12)10-7-4-5-8-16(10,14)15/h9-11,13H,3-8,12H2,1-2H3. The molecule has 0 spiro atoms. The first-order valence-electron chi connectivity index (χ1n) is 6.20. The Bertz CT molecular complexity index is 303. The Balaban J connectivity index is 2.78. The van der Waals surface area contributed by atoms with E-state index in [1.807, 2.05) is 0 Å². The summed E-state index contributed by atoms with van der Waals surface area (Å²) in [5, 5.41) is -0.284. The van der Waals surface area contributed by atoms with Crippen molar-refractivity contribution in [2.24, 2.45) is 11.8 Å². The first-order valence-corrected chi connectivity index (χ1v) is 7.92. The van der Waals surface area contributed by atoms with Crippen molar-refractivity contribution in [2.75, 3.05) is 5.75 Å². The molecule has 1 heterocycles. The average Bonchev–Trinajstić information content (AvgIpc) is 2.21. The summed E-state index contributed by atoms with van der Waals surface area (Å²) in [6.07, 6.45) is 4.64. The highest BCUT2D eigenvalue weighted by Crippen LogP contribution is 2.26. The van der Waals surface area contributed by atoms with Crippen molar-refractivity contribution in [3.8, 4) is 0 Å². The molecule has 5 heteroatoms. The summed E-state index contributed by atoms with van der Waals surface area (Å²) in [6.45, 7) is 4.19. The van der Waals surface area contributed by atoms with Gasteiger partial charge in [0.15, 0.2) is 9.84 Å². The monoisotopic (exact) mass is 248 g/mol. The number of nitrogens with one attached hydrogen (secondary N) is 1. The molecular weight excluding hydrogens is 224 g/mol. The van der Waals surface area contributed by atoms with Gasteiger partial charge in [-0.25, -0.2) is 8.42 Å². The predicted molar refractivity (Wildman–Crippen MR) is 66.6 cm³/mol. The van der Waals surface area contributed by atoms with Crippen molar-refractivity contribution in [1.82, 2.24) is 5.43 Å². The number of sulfone groups is 1. The van der Waals surface area contributed by atoms with Crippen LogP contribution in [0.2, 0.25) is 0 Å². The topological polar surface area (TPSA) is 72.2 Å². The van der Waals surface area contributed by atoms with E-state index in [-0.39, 0.29) is 11.3 Å². The molecule has 1 aliphatic rings. The van der Waals surface area contributed by atoms with Gasteiger partial charge in [-0.3, -0.25) is 11.3 Å². The van der Waals surface area contributed by atoms with Crippen molar-refractivity contribution in [1.29, 1.82) is 0 Å². The highest BCUT2D eigenvalue weighted by Gasteiger charge is 2.37. The van der Waals surface area contributed by atoms with E-state index in [0.717, 1.165) is 32.1 Å². The van der Waals surface area contributed by atoms with Gasteiger partial charge in [0.25, 0.3) is 0 Å². The summed E-state index contributed by atoms with van der Waals surface area (Å²) < 4.78 is 24.0. The number of hydrogen-bond acceptors (Lipinski definition) is 4. The highest BCUT2D eigenvalue weighted by atomic mass is 32.2. The maximum absolute atomic E-state index is 12.0. The molecular formula is C11H24N2O2S. The SMILES string of the molecule is CCCC(C)C(NN)C1CCCCS1(=O)=O. The maximum Gasteiger partial charge on any atom is 0.154 e. The van der Waals surface area contributed by atoms with Crippen LogP contribution in [0.25, 0.3) is 0 Å². The van der Waals surface area contributed by atoms with Crippen molar-refractivity contribution < 1.29 is 8.42 Å². The van der Waals surface area contributed by atoms with E-state index in [1.54, 1.807) is 0 Å². The molecule has 0 radical (unpaired) electrons. The molecule has 1 saturated heterocycles. The normalized spacial score (nSPS) is 28.6. The second kappa shape index (κ2) is 5.98. The Morgan fingerprint density at radius 1 is 1.44 bits per heavy atom. The Kier molecular flexibility index (Phi) is 5.21. The molecule has 1 fully saturated rings. The van der Waals surface area contributed by atoms with Gasteiger partial charge in [-0.1, -0.05) is 26.7 Å². The molecule has 3 N–H and O–H groups in total. The van der Waals surface area contributed by atoms with E-state index in [2.05, 4.69) is 19.3 Å². The quantitative estimate of drug-likeness (QED) is 0.567. The number of nitrogens with two attached hydrogens (primary N) is 1. The largest absolute Gasteiger partial charge is 0.271 e. The van der Waals surface area contributed by atoms with Crippen molar-refractivity contribution in [3.63, 3.8) is 0 Å². The summed E-state index contributed by atoms with van der Waals surface area (Å²) in [6, 6.07) is -0.0924. The molecule has 0 bridgehead atoms. The first-order chi connectivity index (χ1) is 7.53. The molecule has 16 heavy (non-hydrogen) atoms. The highest BCUT2D eigenvalue weighted by molar-refractivity contribution is 7.92. The average molecular weight is 248 g/mol. The van der Waals surface area contributed by atoms with Crippen LogP contribution in [0, 0.1) is 5.92 Å². The van der Waals surface area contributed by atoms with E-state index in [9.17, 15) is 8.42 Å². The van der Waals surface area contributed by atoms with Crippen molar-refractivity contribution >= 4 is 9.84 Å². The Hall–Kier alpha value is -0.130. The van der Waals surface area contributed by atoms with E-state index in [1.165, 1.54) is 0 Å². The summed E-state index contributed by atoms with van der Waals surface area (Å²) in [4.78, 5) is 0. The molecule has 0 amide bonds. The molecule has 0 aromatic carbocycles. The zero-order chi connectivity index (χ0) is 12.2. The van der Waals surface area contributed by atoms with E-state index in [4.69, 9.17) is 5.84 Å². The molecule has 3 unspecified atom stereocenters. The molecule has 1 rings (SSSR count). The zero-order valence-corrected chi connectivity index (χ0v) is 11.1. The first kappa shape index (κ1) is 13.9. The van der Waals surface area contributed by atoms with Gasteiger partial charge in [-0.05, 0) is 25.2 Å². The molecule has 4 nitrogen and oxygen atoms in total. The lowest BCUT2D eigenvalue weighted by Gasteiger charge is -2.33.